The number of rotatable bonds is 3. The third kappa shape index (κ3) is 2.96. The van der Waals surface area contributed by atoms with Gasteiger partial charge in [0.15, 0.2) is 5.78 Å². The summed E-state index contributed by atoms with van der Waals surface area (Å²) in [6, 6.07) is 8.18. The molecule has 0 saturated heterocycles. The third-order valence-electron chi connectivity index (χ3n) is 3.50. The monoisotopic (exact) mass is 230 g/mol. The van der Waals surface area contributed by atoms with Crippen molar-refractivity contribution in [3.8, 4) is 0 Å². The second-order valence-corrected chi connectivity index (χ2v) is 6.38. The van der Waals surface area contributed by atoms with Gasteiger partial charge in [-0.15, -0.1) is 0 Å². The van der Waals surface area contributed by atoms with Crippen LogP contribution in [0.1, 0.15) is 68.3 Å². The largest absolute Gasteiger partial charge is 0.294 e. The van der Waals surface area contributed by atoms with E-state index in [1.54, 1.807) is 0 Å². The summed E-state index contributed by atoms with van der Waals surface area (Å²) < 4.78 is 0. The summed E-state index contributed by atoms with van der Waals surface area (Å²) in [5, 5.41) is 0. The highest BCUT2D eigenvalue weighted by Gasteiger charge is 2.25. The molecular weight excluding hydrogens is 208 g/mol. The summed E-state index contributed by atoms with van der Waals surface area (Å²) in [6.07, 6.45) is 4.45. The average Bonchev–Trinajstić information content (AvgIpc) is 2.13. The van der Waals surface area contributed by atoms with Crippen molar-refractivity contribution in [2.75, 3.05) is 0 Å². The molecule has 1 aromatic carbocycles. The standard InChI is InChI=1S/C16H22O/c1-16(2,3)11-15(17)14-10-5-4-9-13(14)12-7-6-8-12/h4-5,9-10,12H,6-8,11H2,1-3H3. The van der Waals surface area contributed by atoms with Crippen molar-refractivity contribution in [1.29, 1.82) is 0 Å². The fourth-order valence-corrected chi connectivity index (χ4v) is 2.40. The van der Waals surface area contributed by atoms with Gasteiger partial charge in [0.05, 0.1) is 0 Å². The van der Waals surface area contributed by atoms with Crippen LogP contribution < -0.4 is 0 Å². The molecule has 0 spiro atoms. The Labute approximate surface area is 104 Å². The molecule has 0 radical (unpaired) electrons. The zero-order valence-electron chi connectivity index (χ0n) is 11.1. The van der Waals surface area contributed by atoms with Crippen molar-refractivity contribution in [1.82, 2.24) is 0 Å². The van der Waals surface area contributed by atoms with Crippen molar-refractivity contribution < 1.29 is 4.79 Å². The van der Waals surface area contributed by atoms with Crippen molar-refractivity contribution in [3.05, 3.63) is 35.4 Å². The number of benzene rings is 1. The number of carbonyl (C=O) groups is 1. The van der Waals surface area contributed by atoms with E-state index in [4.69, 9.17) is 0 Å². The zero-order chi connectivity index (χ0) is 12.5. The summed E-state index contributed by atoms with van der Waals surface area (Å²) in [4.78, 5) is 12.3. The maximum absolute atomic E-state index is 12.3. The first-order chi connectivity index (χ1) is 7.97. The van der Waals surface area contributed by atoms with Crippen molar-refractivity contribution in [2.24, 2.45) is 5.41 Å². The van der Waals surface area contributed by atoms with Gasteiger partial charge < -0.3 is 0 Å². The van der Waals surface area contributed by atoms with Crippen LogP contribution in [0, 0.1) is 5.41 Å². The number of hydrogen-bond acceptors (Lipinski definition) is 1. The lowest BCUT2D eigenvalue weighted by Crippen LogP contribution is -2.17. The van der Waals surface area contributed by atoms with Gasteiger partial charge in [-0.1, -0.05) is 51.5 Å². The minimum absolute atomic E-state index is 0.0732. The fraction of sp³-hybridized carbons (Fsp3) is 0.562. The van der Waals surface area contributed by atoms with Gasteiger partial charge in [0.1, 0.15) is 0 Å². The molecule has 1 saturated carbocycles. The first kappa shape index (κ1) is 12.3. The molecule has 1 aromatic rings. The predicted octanol–water partition coefficient (Wildman–Crippen LogP) is 4.57. The molecule has 1 aliphatic rings. The van der Waals surface area contributed by atoms with Gasteiger partial charge >= 0.3 is 0 Å². The van der Waals surface area contributed by atoms with Crippen LogP contribution in [0.2, 0.25) is 0 Å². The number of hydrogen-bond donors (Lipinski definition) is 0. The molecule has 2 rings (SSSR count). The maximum Gasteiger partial charge on any atom is 0.163 e. The summed E-state index contributed by atoms with van der Waals surface area (Å²) >= 11 is 0. The van der Waals surface area contributed by atoms with Crippen LogP contribution in [0.15, 0.2) is 24.3 Å². The van der Waals surface area contributed by atoms with Crippen LogP contribution in [0.4, 0.5) is 0 Å². The second kappa shape index (κ2) is 4.64. The Balaban J connectivity index is 2.22. The van der Waals surface area contributed by atoms with Gasteiger partial charge in [-0.25, -0.2) is 0 Å². The van der Waals surface area contributed by atoms with E-state index in [2.05, 4.69) is 32.9 Å². The van der Waals surface area contributed by atoms with E-state index in [9.17, 15) is 4.79 Å². The lowest BCUT2D eigenvalue weighted by atomic mass is 9.76. The van der Waals surface area contributed by atoms with Crippen LogP contribution in [0.5, 0.6) is 0 Å². The minimum atomic E-state index is 0.0732. The molecule has 1 aliphatic carbocycles. The highest BCUT2D eigenvalue weighted by atomic mass is 16.1. The van der Waals surface area contributed by atoms with E-state index in [-0.39, 0.29) is 5.41 Å². The number of Topliss-reactive ketones (excluding diaryl/α,β-unsaturated/α-hetero) is 1. The van der Waals surface area contributed by atoms with E-state index in [0.717, 1.165) is 5.56 Å². The summed E-state index contributed by atoms with van der Waals surface area (Å²) in [5.74, 6) is 0.940. The average molecular weight is 230 g/mol. The molecule has 0 amide bonds. The van der Waals surface area contributed by atoms with E-state index in [0.29, 0.717) is 18.1 Å². The Morgan fingerprint density at radius 3 is 2.41 bits per heavy atom. The fourth-order valence-electron chi connectivity index (χ4n) is 2.40. The van der Waals surface area contributed by atoms with Crippen LogP contribution in [-0.2, 0) is 0 Å². The van der Waals surface area contributed by atoms with Crippen molar-refractivity contribution >= 4 is 5.78 Å². The summed E-state index contributed by atoms with van der Waals surface area (Å²) in [7, 11) is 0. The molecule has 17 heavy (non-hydrogen) atoms. The van der Waals surface area contributed by atoms with Gasteiger partial charge in [-0.05, 0) is 29.7 Å². The molecular formula is C16H22O. The second-order valence-electron chi connectivity index (χ2n) is 6.38. The smallest absolute Gasteiger partial charge is 0.163 e. The van der Waals surface area contributed by atoms with E-state index < -0.39 is 0 Å². The Hall–Kier alpha value is -1.11. The molecule has 0 unspecified atom stereocenters. The first-order valence-corrected chi connectivity index (χ1v) is 6.59. The number of ketones is 1. The van der Waals surface area contributed by atoms with Gasteiger partial charge in [-0.2, -0.15) is 0 Å². The highest BCUT2D eigenvalue weighted by Crippen LogP contribution is 2.38. The molecule has 1 nitrogen and oxygen atoms in total. The van der Waals surface area contributed by atoms with Gasteiger partial charge in [0, 0.05) is 12.0 Å². The van der Waals surface area contributed by atoms with Gasteiger partial charge in [-0.3, -0.25) is 4.79 Å². The SMILES string of the molecule is CC(C)(C)CC(=O)c1ccccc1C1CCC1. The van der Waals surface area contributed by atoms with Crippen LogP contribution in [-0.4, -0.2) is 5.78 Å². The molecule has 0 bridgehead atoms. The minimum Gasteiger partial charge on any atom is -0.294 e. The Bertz CT molecular complexity index is 408. The van der Waals surface area contributed by atoms with E-state index in [1.165, 1.54) is 24.8 Å². The zero-order valence-corrected chi connectivity index (χ0v) is 11.1. The first-order valence-electron chi connectivity index (χ1n) is 6.59. The summed E-state index contributed by atoms with van der Waals surface area (Å²) in [6.45, 7) is 6.37. The van der Waals surface area contributed by atoms with E-state index >= 15 is 0 Å². The lowest BCUT2D eigenvalue weighted by Gasteiger charge is -2.28. The lowest BCUT2D eigenvalue weighted by molar-refractivity contribution is 0.0938. The van der Waals surface area contributed by atoms with Crippen LogP contribution in [0.3, 0.4) is 0 Å². The predicted molar refractivity (Wildman–Crippen MR) is 71.4 cm³/mol. The Kier molecular flexibility index (Phi) is 3.37. The maximum atomic E-state index is 12.3. The van der Waals surface area contributed by atoms with Gasteiger partial charge in [0.25, 0.3) is 0 Å². The Morgan fingerprint density at radius 1 is 1.24 bits per heavy atom. The quantitative estimate of drug-likeness (QED) is 0.695. The Morgan fingerprint density at radius 2 is 1.88 bits per heavy atom. The molecule has 0 N–H and O–H groups in total. The van der Waals surface area contributed by atoms with Gasteiger partial charge in [0.2, 0.25) is 0 Å². The number of carbonyl (C=O) groups excluding carboxylic acids is 1. The van der Waals surface area contributed by atoms with E-state index in [1.807, 2.05) is 12.1 Å². The van der Waals surface area contributed by atoms with Crippen LogP contribution >= 0.6 is 0 Å². The van der Waals surface area contributed by atoms with Crippen LogP contribution in [0.25, 0.3) is 0 Å². The molecule has 1 fully saturated rings. The molecule has 0 aliphatic heterocycles. The normalized spacial score (nSPS) is 16.6. The topological polar surface area (TPSA) is 17.1 Å². The molecule has 0 atom stereocenters. The molecule has 0 aromatic heterocycles. The molecule has 92 valence electrons. The van der Waals surface area contributed by atoms with Crippen molar-refractivity contribution in [2.45, 2.75) is 52.4 Å². The molecule has 0 heterocycles. The highest BCUT2D eigenvalue weighted by molar-refractivity contribution is 5.98. The molecule has 1 heteroatoms. The van der Waals surface area contributed by atoms with Crippen molar-refractivity contribution in [3.63, 3.8) is 0 Å². The third-order valence-corrected chi connectivity index (χ3v) is 3.50. The summed E-state index contributed by atoms with van der Waals surface area (Å²) in [5.41, 5.74) is 2.32.